The standard InChI is InChI=1S/C12H25N/c1-4-8-11(5-2)12-9-7-10-13(12)6-3/h11-12H,4-10H2,1-3H3. The van der Waals surface area contributed by atoms with Crippen LogP contribution in [-0.4, -0.2) is 24.0 Å². The highest BCUT2D eigenvalue weighted by atomic mass is 15.2. The highest BCUT2D eigenvalue weighted by Crippen LogP contribution is 2.28. The summed E-state index contributed by atoms with van der Waals surface area (Å²) in [6.45, 7) is 9.57. The molecule has 78 valence electrons. The number of hydrogen-bond donors (Lipinski definition) is 0. The Morgan fingerprint density at radius 3 is 2.62 bits per heavy atom. The van der Waals surface area contributed by atoms with Gasteiger partial charge >= 0.3 is 0 Å². The zero-order valence-electron chi connectivity index (χ0n) is 9.55. The molecule has 0 saturated carbocycles. The van der Waals surface area contributed by atoms with E-state index >= 15 is 0 Å². The van der Waals surface area contributed by atoms with E-state index in [1.54, 1.807) is 0 Å². The van der Waals surface area contributed by atoms with Gasteiger partial charge in [-0.1, -0.05) is 33.6 Å². The van der Waals surface area contributed by atoms with Crippen molar-refractivity contribution in [3.8, 4) is 0 Å². The summed E-state index contributed by atoms with van der Waals surface area (Å²) in [6, 6.07) is 0.912. The van der Waals surface area contributed by atoms with E-state index in [9.17, 15) is 0 Å². The predicted octanol–water partition coefficient (Wildman–Crippen LogP) is 3.30. The van der Waals surface area contributed by atoms with E-state index in [2.05, 4.69) is 25.7 Å². The van der Waals surface area contributed by atoms with Gasteiger partial charge in [0.05, 0.1) is 0 Å². The lowest BCUT2D eigenvalue weighted by Crippen LogP contribution is -2.35. The van der Waals surface area contributed by atoms with Gasteiger partial charge in [0.25, 0.3) is 0 Å². The molecule has 1 heteroatoms. The number of nitrogens with zero attached hydrogens (tertiary/aromatic N) is 1. The first-order chi connectivity index (χ1) is 6.33. The molecule has 0 aliphatic carbocycles. The van der Waals surface area contributed by atoms with Gasteiger partial charge in [0.1, 0.15) is 0 Å². The molecule has 0 aromatic rings. The average molecular weight is 183 g/mol. The molecule has 13 heavy (non-hydrogen) atoms. The molecule has 0 bridgehead atoms. The van der Waals surface area contributed by atoms with Gasteiger partial charge in [-0.3, -0.25) is 0 Å². The highest BCUT2D eigenvalue weighted by Gasteiger charge is 2.28. The van der Waals surface area contributed by atoms with Crippen molar-refractivity contribution >= 4 is 0 Å². The molecule has 1 nitrogen and oxygen atoms in total. The first-order valence-corrected chi connectivity index (χ1v) is 6.07. The Morgan fingerprint density at radius 2 is 2.08 bits per heavy atom. The van der Waals surface area contributed by atoms with Crippen LogP contribution in [0, 0.1) is 5.92 Å². The van der Waals surface area contributed by atoms with Crippen LogP contribution in [0.15, 0.2) is 0 Å². The monoisotopic (exact) mass is 183 g/mol. The quantitative estimate of drug-likeness (QED) is 0.632. The zero-order valence-corrected chi connectivity index (χ0v) is 9.55. The zero-order chi connectivity index (χ0) is 9.68. The van der Waals surface area contributed by atoms with Gasteiger partial charge < -0.3 is 4.90 Å². The van der Waals surface area contributed by atoms with E-state index in [-0.39, 0.29) is 0 Å². The van der Waals surface area contributed by atoms with Crippen molar-refractivity contribution in [3.05, 3.63) is 0 Å². The van der Waals surface area contributed by atoms with Gasteiger partial charge in [-0.15, -0.1) is 0 Å². The molecule has 1 aliphatic rings. The largest absolute Gasteiger partial charge is 0.300 e. The van der Waals surface area contributed by atoms with Crippen LogP contribution < -0.4 is 0 Å². The van der Waals surface area contributed by atoms with Gasteiger partial charge in [0.2, 0.25) is 0 Å². The minimum absolute atomic E-state index is 0.912. The smallest absolute Gasteiger partial charge is 0.0124 e. The van der Waals surface area contributed by atoms with Crippen molar-refractivity contribution in [2.75, 3.05) is 13.1 Å². The van der Waals surface area contributed by atoms with Crippen molar-refractivity contribution in [2.24, 2.45) is 5.92 Å². The lowest BCUT2D eigenvalue weighted by molar-refractivity contribution is 0.185. The highest BCUT2D eigenvalue weighted by molar-refractivity contribution is 4.83. The van der Waals surface area contributed by atoms with Gasteiger partial charge in [0, 0.05) is 6.04 Å². The van der Waals surface area contributed by atoms with Crippen molar-refractivity contribution < 1.29 is 0 Å². The lowest BCUT2D eigenvalue weighted by atomic mass is 9.90. The molecule has 0 N–H and O–H groups in total. The van der Waals surface area contributed by atoms with Crippen LogP contribution in [0.4, 0.5) is 0 Å². The summed E-state index contributed by atoms with van der Waals surface area (Å²) in [5.41, 5.74) is 0. The van der Waals surface area contributed by atoms with Crippen LogP contribution in [0.5, 0.6) is 0 Å². The Labute approximate surface area is 83.5 Å². The fourth-order valence-electron chi connectivity index (χ4n) is 2.82. The van der Waals surface area contributed by atoms with Crippen LogP contribution in [0.25, 0.3) is 0 Å². The second-order valence-corrected chi connectivity index (χ2v) is 4.30. The van der Waals surface area contributed by atoms with Crippen LogP contribution in [0.1, 0.15) is 52.9 Å². The second-order valence-electron chi connectivity index (χ2n) is 4.30. The molecule has 2 atom stereocenters. The molecular formula is C12H25N. The average Bonchev–Trinajstić information content (AvgIpc) is 2.61. The third kappa shape index (κ3) is 2.70. The van der Waals surface area contributed by atoms with Crippen molar-refractivity contribution in [1.29, 1.82) is 0 Å². The number of hydrogen-bond acceptors (Lipinski definition) is 1. The maximum Gasteiger partial charge on any atom is 0.0124 e. The normalized spacial score (nSPS) is 26.5. The number of likely N-dealkylation sites (tertiary alicyclic amines) is 1. The SMILES string of the molecule is CCCC(CC)C1CCCN1CC. The van der Waals surface area contributed by atoms with Crippen molar-refractivity contribution in [2.45, 2.75) is 58.9 Å². The maximum absolute atomic E-state index is 2.68. The van der Waals surface area contributed by atoms with E-state index in [1.807, 2.05) is 0 Å². The summed E-state index contributed by atoms with van der Waals surface area (Å²) in [7, 11) is 0. The molecular weight excluding hydrogens is 158 g/mol. The minimum atomic E-state index is 0.912. The number of rotatable bonds is 5. The Balaban J connectivity index is 2.46. The maximum atomic E-state index is 2.68. The van der Waals surface area contributed by atoms with E-state index in [0.29, 0.717) is 0 Å². The van der Waals surface area contributed by atoms with Gasteiger partial charge in [-0.25, -0.2) is 0 Å². The van der Waals surface area contributed by atoms with E-state index in [1.165, 1.54) is 45.2 Å². The molecule has 0 amide bonds. The predicted molar refractivity (Wildman–Crippen MR) is 59.0 cm³/mol. The van der Waals surface area contributed by atoms with E-state index < -0.39 is 0 Å². The Bertz CT molecular complexity index is 133. The van der Waals surface area contributed by atoms with Crippen molar-refractivity contribution in [3.63, 3.8) is 0 Å². The molecule has 1 heterocycles. The van der Waals surface area contributed by atoms with Gasteiger partial charge in [0.15, 0.2) is 0 Å². The third-order valence-electron chi connectivity index (χ3n) is 3.55. The Hall–Kier alpha value is -0.0400. The van der Waals surface area contributed by atoms with Crippen LogP contribution >= 0.6 is 0 Å². The van der Waals surface area contributed by atoms with Crippen LogP contribution in [0.3, 0.4) is 0 Å². The van der Waals surface area contributed by atoms with Crippen LogP contribution in [-0.2, 0) is 0 Å². The summed E-state index contributed by atoms with van der Waals surface area (Å²) in [5, 5.41) is 0. The molecule has 0 spiro atoms. The Morgan fingerprint density at radius 1 is 1.31 bits per heavy atom. The topological polar surface area (TPSA) is 3.24 Å². The second kappa shape index (κ2) is 5.64. The lowest BCUT2D eigenvalue weighted by Gasteiger charge is -2.30. The molecule has 0 aromatic heterocycles. The molecule has 0 radical (unpaired) electrons. The molecule has 1 rings (SSSR count). The molecule has 2 unspecified atom stereocenters. The third-order valence-corrected chi connectivity index (χ3v) is 3.55. The first kappa shape index (κ1) is 11.0. The van der Waals surface area contributed by atoms with Gasteiger partial charge in [-0.05, 0) is 38.3 Å². The van der Waals surface area contributed by atoms with Crippen molar-refractivity contribution in [1.82, 2.24) is 4.90 Å². The Kier molecular flexibility index (Phi) is 4.79. The summed E-state index contributed by atoms with van der Waals surface area (Å²) < 4.78 is 0. The molecule has 0 aromatic carbocycles. The summed E-state index contributed by atoms with van der Waals surface area (Å²) in [5.74, 6) is 0.965. The van der Waals surface area contributed by atoms with E-state index in [4.69, 9.17) is 0 Å². The molecule has 1 aliphatic heterocycles. The summed E-state index contributed by atoms with van der Waals surface area (Å²) in [4.78, 5) is 2.68. The minimum Gasteiger partial charge on any atom is -0.300 e. The molecule has 1 saturated heterocycles. The molecule has 1 fully saturated rings. The fraction of sp³-hybridized carbons (Fsp3) is 1.00. The van der Waals surface area contributed by atoms with Crippen LogP contribution in [0.2, 0.25) is 0 Å². The van der Waals surface area contributed by atoms with E-state index in [0.717, 1.165) is 12.0 Å². The first-order valence-electron chi connectivity index (χ1n) is 6.07. The summed E-state index contributed by atoms with van der Waals surface area (Å²) in [6.07, 6.45) is 7.03. The van der Waals surface area contributed by atoms with Gasteiger partial charge in [-0.2, -0.15) is 0 Å². The summed E-state index contributed by atoms with van der Waals surface area (Å²) >= 11 is 0. The fourth-order valence-corrected chi connectivity index (χ4v) is 2.82.